The Kier molecular flexibility index (Phi) is 8.41. The lowest BCUT2D eigenvalue weighted by Crippen LogP contribution is -2.32. The second-order valence-corrected chi connectivity index (χ2v) is 7.62. The number of aliphatic imine (C=N–C) groups is 1. The van der Waals surface area contributed by atoms with E-state index in [0.29, 0.717) is 24.5 Å². The van der Waals surface area contributed by atoms with Crippen molar-refractivity contribution in [3.05, 3.63) is 65.7 Å². The zero-order chi connectivity index (χ0) is 22.0. The minimum absolute atomic E-state index is 0.190. The molecule has 0 spiro atoms. The first kappa shape index (κ1) is 22.9. The number of nitrogens with one attached hydrogen (secondary N) is 2. The van der Waals surface area contributed by atoms with E-state index in [1.165, 1.54) is 0 Å². The molecule has 2 amide bonds. The zero-order valence-corrected chi connectivity index (χ0v) is 17.9. The maximum atomic E-state index is 12.1. The van der Waals surface area contributed by atoms with Crippen LogP contribution in [0.3, 0.4) is 0 Å². The van der Waals surface area contributed by atoms with Gasteiger partial charge in [-0.25, -0.2) is 14.6 Å². The fraction of sp³-hybridized carbons (Fsp3) is 0.348. The number of carbonyl (C=O) groups excluding carboxylic acids is 2. The third kappa shape index (κ3) is 8.77. The number of alkyl carbamates (subject to hydrolysis) is 2. The highest BCUT2D eigenvalue weighted by atomic mass is 16.6. The van der Waals surface area contributed by atoms with Gasteiger partial charge >= 0.3 is 12.2 Å². The van der Waals surface area contributed by atoms with Crippen molar-refractivity contribution in [1.82, 2.24) is 10.6 Å². The first-order valence-corrected chi connectivity index (χ1v) is 9.86. The van der Waals surface area contributed by atoms with E-state index in [2.05, 4.69) is 15.6 Å². The van der Waals surface area contributed by atoms with Crippen LogP contribution < -0.4 is 10.6 Å². The standard InChI is InChI=1S/C23H29N3O4/c1-5-20(26-22(28)29-16-17-10-7-6-8-11-17)25-19-13-9-12-18(14-19)15-24-21(27)30-23(2,3)4/h6-14H,5,15-16H2,1-4H3,(H,24,27)(H,25,26,28). The largest absolute Gasteiger partial charge is 0.444 e. The second-order valence-electron chi connectivity index (χ2n) is 7.62. The fourth-order valence-electron chi connectivity index (χ4n) is 2.45. The Morgan fingerprint density at radius 1 is 0.967 bits per heavy atom. The van der Waals surface area contributed by atoms with Crippen molar-refractivity contribution < 1.29 is 19.1 Å². The molecule has 0 atom stereocenters. The van der Waals surface area contributed by atoms with Crippen LogP contribution in [0.1, 0.15) is 45.2 Å². The van der Waals surface area contributed by atoms with E-state index >= 15 is 0 Å². The highest BCUT2D eigenvalue weighted by Gasteiger charge is 2.15. The molecule has 7 nitrogen and oxygen atoms in total. The van der Waals surface area contributed by atoms with E-state index in [-0.39, 0.29) is 6.61 Å². The lowest BCUT2D eigenvalue weighted by Gasteiger charge is -2.19. The molecule has 0 bridgehead atoms. The van der Waals surface area contributed by atoms with Gasteiger partial charge < -0.3 is 14.8 Å². The van der Waals surface area contributed by atoms with E-state index < -0.39 is 17.8 Å². The minimum atomic E-state index is -0.554. The Morgan fingerprint density at radius 3 is 2.33 bits per heavy atom. The number of rotatable bonds is 6. The van der Waals surface area contributed by atoms with Gasteiger partial charge in [0, 0.05) is 13.0 Å². The van der Waals surface area contributed by atoms with Gasteiger partial charge in [-0.05, 0) is 44.0 Å². The maximum Gasteiger partial charge on any atom is 0.412 e. The molecule has 30 heavy (non-hydrogen) atoms. The molecular formula is C23H29N3O4. The molecule has 160 valence electrons. The van der Waals surface area contributed by atoms with Crippen molar-refractivity contribution in [2.75, 3.05) is 0 Å². The predicted octanol–water partition coefficient (Wildman–Crippen LogP) is 5.08. The third-order valence-corrected chi connectivity index (χ3v) is 3.80. The third-order valence-electron chi connectivity index (χ3n) is 3.80. The van der Waals surface area contributed by atoms with E-state index in [1.54, 1.807) is 0 Å². The van der Waals surface area contributed by atoms with Gasteiger partial charge in [0.25, 0.3) is 0 Å². The summed E-state index contributed by atoms with van der Waals surface area (Å²) in [6.07, 6.45) is -0.503. The first-order valence-electron chi connectivity index (χ1n) is 9.86. The molecule has 0 aliphatic carbocycles. The molecule has 0 aliphatic heterocycles. The Hall–Kier alpha value is -3.35. The summed E-state index contributed by atoms with van der Waals surface area (Å²) in [4.78, 5) is 28.3. The average Bonchev–Trinajstić information content (AvgIpc) is 2.70. The van der Waals surface area contributed by atoms with Crippen molar-refractivity contribution in [2.45, 2.75) is 52.9 Å². The summed E-state index contributed by atoms with van der Waals surface area (Å²) in [7, 11) is 0. The van der Waals surface area contributed by atoms with Crippen molar-refractivity contribution >= 4 is 23.7 Å². The number of carbonyl (C=O) groups is 2. The molecular weight excluding hydrogens is 382 g/mol. The molecule has 0 saturated carbocycles. The number of ether oxygens (including phenoxy) is 2. The summed E-state index contributed by atoms with van der Waals surface area (Å²) in [5, 5.41) is 5.40. The van der Waals surface area contributed by atoms with Crippen LogP contribution in [0, 0.1) is 0 Å². The zero-order valence-electron chi connectivity index (χ0n) is 17.9. The molecule has 0 saturated heterocycles. The molecule has 0 aromatic heterocycles. The van der Waals surface area contributed by atoms with E-state index in [0.717, 1.165) is 11.1 Å². The predicted molar refractivity (Wildman–Crippen MR) is 117 cm³/mol. The molecule has 0 unspecified atom stereocenters. The van der Waals surface area contributed by atoms with Gasteiger partial charge in [0.1, 0.15) is 18.0 Å². The second kappa shape index (κ2) is 11.0. The van der Waals surface area contributed by atoms with Crippen molar-refractivity contribution in [3.8, 4) is 0 Å². The number of amides is 2. The monoisotopic (exact) mass is 411 g/mol. The van der Waals surface area contributed by atoms with Crippen molar-refractivity contribution in [1.29, 1.82) is 0 Å². The topological polar surface area (TPSA) is 89.0 Å². The number of amidine groups is 1. The Labute approximate surface area is 177 Å². The summed E-state index contributed by atoms with van der Waals surface area (Å²) in [5.74, 6) is 0.491. The van der Waals surface area contributed by atoms with Gasteiger partial charge in [0.2, 0.25) is 0 Å². The highest BCUT2D eigenvalue weighted by Crippen LogP contribution is 2.15. The maximum absolute atomic E-state index is 12.1. The fourth-order valence-corrected chi connectivity index (χ4v) is 2.45. The molecule has 0 radical (unpaired) electrons. The Bertz CT molecular complexity index is 874. The first-order chi connectivity index (χ1) is 14.2. The van der Waals surface area contributed by atoms with Gasteiger partial charge in [0.15, 0.2) is 0 Å². The Balaban J connectivity index is 1.92. The number of benzene rings is 2. The van der Waals surface area contributed by atoms with Crippen LogP contribution in [0.25, 0.3) is 0 Å². The molecule has 2 rings (SSSR count). The molecule has 0 aliphatic rings. The molecule has 0 heterocycles. The van der Waals surface area contributed by atoms with Crippen LogP contribution in [-0.4, -0.2) is 23.6 Å². The lowest BCUT2D eigenvalue weighted by atomic mass is 10.2. The normalized spacial score (nSPS) is 11.5. The molecule has 2 aromatic carbocycles. The van der Waals surface area contributed by atoms with Gasteiger partial charge in [-0.15, -0.1) is 0 Å². The van der Waals surface area contributed by atoms with E-state index in [4.69, 9.17) is 9.47 Å². The smallest absolute Gasteiger partial charge is 0.412 e. The quantitative estimate of drug-likeness (QED) is 0.512. The summed E-state index contributed by atoms with van der Waals surface area (Å²) in [5.41, 5.74) is 1.89. The number of hydrogen-bond acceptors (Lipinski definition) is 5. The molecule has 2 aromatic rings. The van der Waals surface area contributed by atoms with E-state index in [9.17, 15) is 9.59 Å². The van der Waals surface area contributed by atoms with Crippen LogP contribution in [-0.2, 0) is 22.6 Å². The highest BCUT2D eigenvalue weighted by molar-refractivity contribution is 5.96. The average molecular weight is 412 g/mol. The van der Waals surface area contributed by atoms with Crippen LogP contribution in [0.2, 0.25) is 0 Å². The SMILES string of the molecule is CCC(=Nc1cccc(CNC(=O)OC(C)(C)C)c1)NC(=O)OCc1ccccc1. The number of nitrogens with zero attached hydrogens (tertiary/aromatic N) is 1. The Morgan fingerprint density at radius 2 is 1.67 bits per heavy atom. The van der Waals surface area contributed by atoms with Crippen LogP contribution in [0.4, 0.5) is 15.3 Å². The van der Waals surface area contributed by atoms with Gasteiger partial charge in [0.05, 0.1) is 5.69 Å². The molecule has 7 heteroatoms. The lowest BCUT2D eigenvalue weighted by molar-refractivity contribution is 0.0523. The van der Waals surface area contributed by atoms with Crippen LogP contribution in [0.5, 0.6) is 0 Å². The summed E-state index contributed by atoms with van der Waals surface area (Å²) < 4.78 is 10.5. The summed E-state index contributed by atoms with van der Waals surface area (Å²) >= 11 is 0. The van der Waals surface area contributed by atoms with E-state index in [1.807, 2.05) is 82.3 Å². The van der Waals surface area contributed by atoms with Gasteiger partial charge in [-0.1, -0.05) is 49.4 Å². The molecule has 0 fully saturated rings. The van der Waals surface area contributed by atoms with Gasteiger partial charge in [-0.3, -0.25) is 5.32 Å². The summed E-state index contributed by atoms with van der Waals surface area (Å²) in [6.45, 7) is 7.83. The van der Waals surface area contributed by atoms with Gasteiger partial charge in [-0.2, -0.15) is 0 Å². The van der Waals surface area contributed by atoms with Crippen molar-refractivity contribution in [3.63, 3.8) is 0 Å². The van der Waals surface area contributed by atoms with Crippen LogP contribution in [0.15, 0.2) is 59.6 Å². The molecule has 2 N–H and O–H groups in total. The van der Waals surface area contributed by atoms with Crippen molar-refractivity contribution in [2.24, 2.45) is 4.99 Å². The van der Waals surface area contributed by atoms with Crippen LogP contribution >= 0.6 is 0 Å². The summed E-state index contributed by atoms with van der Waals surface area (Å²) in [6, 6.07) is 16.8. The minimum Gasteiger partial charge on any atom is -0.444 e. The number of hydrogen-bond donors (Lipinski definition) is 2.